The van der Waals surface area contributed by atoms with E-state index in [9.17, 15) is 4.79 Å². The van der Waals surface area contributed by atoms with E-state index in [1.807, 2.05) is 72.8 Å². The quantitative estimate of drug-likeness (QED) is 0.384. The molecule has 0 aliphatic rings. The summed E-state index contributed by atoms with van der Waals surface area (Å²) in [5.41, 5.74) is 8.73. The standard InChI is InChI=1S/C25H24N4O2S/c1-31-21-14-12-20(13-15-21)24-27-28-25(29(24)17-16-18-8-4-2-5-9-18)32-22(23(26)30)19-10-6-3-7-11-19/h2-15,22H,16-17H2,1H3,(H2,26,30). The lowest BCUT2D eigenvalue weighted by Gasteiger charge is -2.15. The highest BCUT2D eigenvalue weighted by Gasteiger charge is 2.24. The summed E-state index contributed by atoms with van der Waals surface area (Å²) in [6.45, 7) is 0.668. The van der Waals surface area contributed by atoms with Crippen LogP contribution in [0.15, 0.2) is 90.1 Å². The van der Waals surface area contributed by atoms with Crippen molar-refractivity contribution in [2.45, 2.75) is 23.4 Å². The Balaban J connectivity index is 1.68. The largest absolute Gasteiger partial charge is 0.497 e. The van der Waals surface area contributed by atoms with Gasteiger partial charge in [-0.1, -0.05) is 72.4 Å². The van der Waals surface area contributed by atoms with E-state index < -0.39 is 11.2 Å². The van der Waals surface area contributed by atoms with Crippen LogP contribution >= 0.6 is 11.8 Å². The van der Waals surface area contributed by atoms with Crippen LogP contribution in [0.1, 0.15) is 16.4 Å². The molecule has 162 valence electrons. The number of primary amides is 1. The molecule has 2 N–H and O–H groups in total. The lowest BCUT2D eigenvalue weighted by molar-refractivity contribution is -0.117. The molecule has 0 aliphatic carbocycles. The van der Waals surface area contributed by atoms with E-state index in [2.05, 4.69) is 26.9 Å². The summed E-state index contributed by atoms with van der Waals surface area (Å²) in [5, 5.41) is 8.99. The number of aromatic nitrogens is 3. The second kappa shape index (κ2) is 10.2. The summed E-state index contributed by atoms with van der Waals surface area (Å²) in [6.07, 6.45) is 0.808. The Labute approximate surface area is 191 Å². The Kier molecular flexibility index (Phi) is 6.87. The molecular formula is C25H24N4O2S. The number of rotatable bonds is 9. The number of carbonyl (C=O) groups excluding carboxylic acids is 1. The summed E-state index contributed by atoms with van der Waals surface area (Å²) in [5.74, 6) is 1.10. The monoisotopic (exact) mass is 444 g/mol. The Morgan fingerprint density at radius 1 is 0.969 bits per heavy atom. The molecule has 0 fully saturated rings. The average molecular weight is 445 g/mol. The van der Waals surface area contributed by atoms with Crippen LogP contribution in [-0.4, -0.2) is 27.8 Å². The second-order valence-electron chi connectivity index (χ2n) is 7.23. The van der Waals surface area contributed by atoms with E-state index >= 15 is 0 Å². The van der Waals surface area contributed by atoms with E-state index in [4.69, 9.17) is 10.5 Å². The molecule has 6 nitrogen and oxygen atoms in total. The number of thioether (sulfide) groups is 1. The van der Waals surface area contributed by atoms with Crippen molar-refractivity contribution >= 4 is 17.7 Å². The zero-order valence-corrected chi connectivity index (χ0v) is 18.5. The third-order valence-corrected chi connectivity index (χ3v) is 6.37. The molecule has 32 heavy (non-hydrogen) atoms. The van der Waals surface area contributed by atoms with E-state index in [-0.39, 0.29) is 0 Å². The van der Waals surface area contributed by atoms with Crippen molar-refractivity contribution < 1.29 is 9.53 Å². The number of hydrogen-bond acceptors (Lipinski definition) is 5. The fourth-order valence-corrected chi connectivity index (χ4v) is 4.45. The van der Waals surface area contributed by atoms with Crippen LogP contribution in [0.2, 0.25) is 0 Å². The van der Waals surface area contributed by atoms with Gasteiger partial charge in [-0.25, -0.2) is 0 Å². The normalized spacial score (nSPS) is 11.8. The molecule has 1 atom stereocenters. The number of carbonyl (C=O) groups is 1. The number of benzene rings is 3. The summed E-state index contributed by atoms with van der Waals surface area (Å²) in [4.78, 5) is 12.3. The van der Waals surface area contributed by atoms with Gasteiger partial charge in [0.1, 0.15) is 11.0 Å². The van der Waals surface area contributed by atoms with E-state index in [0.717, 1.165) is 29.1 Å². The van der Waals surface area contributed by atoms with Crippen LogP contribution in [0.3, 0.4) is 0 Å². The van der Waals surface area contributed by atoms with Gasteiger partial charge in [0.05, 0.1) is 7.11 Å². The number of methoxy groups -OCH3 is 1. The first-order valence-electron chi connectivity index (χ1n) is 10.3. The molecule has 7 heteroatoms. The number of amides is 1. The lowest BCUT2D eigenvalue weighted by atomic mass is 10.1. The molecule has 1 unspecified atom stereocenters. The average Bonchev–Trinajstić information content (AvgIpc) is 3.24. The third-order valence-electron chi connectivity index (χ3n) is 5.12. The van der Waals surface area contributed by atoms with Crippen LogP contribution in [-0.2, 0) is 17.8 Å². The number of ether oxygens (including phenoxy) is 1. The molecule has 0 saturated carbocycles. The maximum Gasteiger partial charge on any atom is 0.235 e. The van der Waals surface area contributed by atoms with Crippen molar-refractivity contribution in [3.63, 3.8) is 0 Å². The Hall–Kier alpha value is -3.58. The summed E-state index contributed by atoms with van der Waals surface area (Å²) in [6, 6.07) is 27.5. The first-order chi connectivity index (χ1) is 15.7. The Bertz CT molecular complexity index is 1160. The minimum atomic E-state index is -0.556. The maximum atomic E-state index is 12.3. The topological polar surface area (TPSA) is 83.0 Å². The highest BCUT2D eigenvalue weighted by atomic mass is 32.2. The summed E-state index contributed by atoms with van der Waals surface area (Å²) in [7, 11) is 1.64. The molecular weight excluding hydrogens is 420 g/mol. The molecule has 0 aliphatic heterocycles. The third kappa shape index (κ3) is 5.00. The van der Waals surface area contributed by atoms with Gasteiger partial charge in [0, 0.05) is 12.1 Å². The highest BCUT2D eigenvalue weighted by Crippen LogP contribution is 2.36. The zero-order chi connectivity index (χ0) is 22.3. The summed E-state index contributed by atoms with van der Waals surface area (Å²) >= 11 is 1.32. The van der Waals surface area contributed by atoms with Crippen LogP contribution in [0.5, 0.6) is 5.75 Å². The molecule has 1 aromatic heterocycles. The van der Waals surface area contributed by atoms with Crippen LogP contribution in [0.4, 0.5) is 0 Å². The fraction of sp³-hybridized carbons (Fsp3) is 0.160. The molecule has 4 rings (SSSR count). The fourth-order valence-electron chi connectivity index (χ4n) is 3.44. The SMILES string of the molecule is COc1ccc(-c2nnc(SC(C(N)=O)c3ccccc3)n2CCc2ccccc2)cc1. The van der Waals surface area contributed by atoms with Gasteiger partial charge in [-0.05, 0) is 41.8 Å². The van der Waals surface area contributed by atoms with E-state index in [0.29, 0.717) is 11.7 Å². The van der Waals surface area contributed by atoms with Crippen LogP contribution in [0, 0.1) is 0 Å². The van der Waals surface area contributed by atoms with Crippen molar-refractivity contribution in [2.75, 3.05) is 7.11 Å². The van der Waals surface area contributed by atoms with E-state index in [1.54, 1.807) is 7.11 Å². The molecule has 4 aromatic rings. The van der Waals surface area contributed by atoms with Gasteiger partial charge in [0.25, 0.3) is 0 Å². The molecule has 1 heterocycles. The van der Waals surface area contributed by atoms with Crippen molar-refractivity contribution in [3.05, 3.63) is 96.1 Å². The van der Waals surface area contributed by atoms with E-state index in [1.165, 1.54) is 17.3 Å². The second-order valence-corrected chi connectivity index (χ2v) is 8.31. The van der Waals surface area contributed by atoms with Crippen LogP contribution in [0.25, 0.3) is 11.4 Å². The Morgan fingerprint density at radius 2 is 1.62 bits per heavy atom. The smallest absolute Gasteiger partial charge is 0.235 e. The van der Waals surface area contributed by atoms with Gasteiger partial charge in [-0.2, -0.15) is 0 Å². The van der Waals surface area contributed by atoms with Gasteiger partial charge < -0.3 is 15.0 Å². The molecule has 0 saturated heterocycles. The Morgan fingerprint density at radius 3 is 2.25 bits per heavy atom. The predicted molar refractivity (Wildman–Crippen MR) is 126 cm³/mol. The first-order valence-corrected chi connectivity index (χ1v) is 11.2. The number of aryl methyl sites for hydroxylation is 1. The minimum absolute atomic E-state index is 0.412. The van der Waals surface area contributed by atoms with Gasteiger partial charge in [0.2, 0.25) is 5.91 Å². The number of nitrogens with zero attached hydrogens (tertiary/aromatic N) is 3. The van der Waals surface area contributed by atoms with Crippen molar-refractivity contribution in [3.8, 4) is 17.1 Å². The van der Waals surface area contributed by atoms with Crippen molar-refractivity contribution in [1.82, 2.24) is 14.8 Å². The molecule has 3 aromatic carbocycles. The molecule has 0 bridgehead atoms. The molecule has 0 radical (unpaired) electrons. The molecule has 0 spiro atoms. The zero-order valence-electron chi connectivity index (χ0n) is 17.7. The van der Waals surface area contributed by atoms with Gasteiger partial charge >= 0.3 is 0 Å². The van der Waals surface area contributed by atoms with Crippen LogP contribution < -0.4 is 10.5 Å². The molecule has 1 amide bonds. The maximum absolute atomic E-state index is 12.3. The van der Waals surface area contributed by atoms with Gasteiger partial charge in [0.15, 0.2) is 11.0 Å². The summed E-state index contributed by atoms with van der Waals surface area (Å²) < 4.78 is 7.33. The lowest BCUT2D eigenvalue weighted by Crippen LogP contribution is -2.19. The number of hydrogen-bond donors (Lipinski definition) is 1. The first kappa shape index (κ1) is 21.6. The minimum Gasteiger partial charge on any atom is -0.497 e. The van der Waals surface area contributed by atoms with Crippen molar-refractivity contribution in [1.29, 1.82) is 0 Å². The van der Waals surface area contributed by atoms with Crippen molar-refractivity contribution in [2.24, 2.45) is 5.73 Å². The predicted octanol–water partition coefficient (Wildman–Crippen LogP) is 4.52. The van der Waals surface area contributed by atoms with Gasteiger partial charge in [-0.15, -0.1) is 10.2 Å². The van der Waals surface area contributed by atoms with Gasteiger partial charge in [-0.3, -0.25) is 4.79 Å². The highest BCUT2D eigenvalue weighted by molar-refractivity contribution is 8.00. The number of nitrogens with two attached hydrogens (primary N) is 1.